The van der Waals surface area contributed by atoms with Crippen molar-refractivity contribution in [3.8, 4) is 5.75 Å². The minimum Gasteiger partial charge on any atom is -0.489 e. The Hall–Kier alpha value is -2.96. The van der Waals surface area contributed by atoms with Gasteiger partial charge in [0.05, 0.1) is 23.2 Å². The standard InChI is InChI=1S/C21H23FN4O2/c1-13-19-15(12-17(14-8-9-14)23-20(19)26(3)24-13)21(27)25(2)10-11-28-18-7-5-4-6-16(18)22/h4-7,12,14H,8-11H2,1-3H3. The zero-order chi connectivity index (χ0) is 19.8. The fraction of sp³-hybridized carbons (Fsp3) is 0.381. The molecule has 0 atom stereocenters. The second kappa shape index (κ2) is 7.22. The molecule has 0 saturated heterocycles. The van der Waals surface area contributed by atoms with Crippen LogP contribution in [0.25, 0.3) is 11.0 Å². The Balaban J connectivity index is 1.55. The van der Waals surface area contributed by atoms with Gasteiger partial charge in [-0.15, -0.1) is 0 Å². The van der Waals surface area contributed by atoms with Crippen molar-refractivity contribution in [3.63, 3.8) is 0 Å². The highest BCUT2D eigenvalue weighted by Gasteiger charge is 2.29. The maximum absolute atomic E-state index is 13.7. The maximum atomic E-state index is 13.7. The fourth-order valence-electron chi connectivity index (χ4n) is 3.38. The summed E-state index contributed by atoms with van der Waals surface area (Å²) in [6.45, 7) is 2.44. The van der Waals surface area contributed by atoms with Crippen LogP contribution in [0.5, 0.6) is 5.75 Å². The van der Waals surface area contributed by atoms with E-state index in [9.17, 15) is 9.18 Å². The monoisotopic (exact) mass is 382 g/mol. The predicted molar refractivity (Wildman–Crippen MR) is 104 cm³/mol. The molecule has 3 aromatic rings. The van der Waals surface area contributed by atoms with Crippen LogP contribution in [0.4, 0.5) is 4.39 Å². The van der Waals surface area contributed by atoms with Crippen LogP contribution in [0.15, 0.2) is 30.3 Å². The van der Waals surface area contributed by atoms with E-state index >= 15 is 0 Å². The first-order valence-corrected chi connectivity index (χ1v) is 9.42. The van der Waals surface area contributed by atoms with Crippen LogP contribution in [0.1, 0.15) is 40.5 Å². The van der Waals surface area contributed by atoms with E-state index in [0.29, 0.717) is 18.0 Å². The molecule has 1 fully saturated rings. The molecule has 2 heterocycles. The molecule has 0 radical (unpaired) electrons. The van der Waals surface area contributed by atoms with E-state index in [1.165, 1.54) is 6.07 Å². The summed E-state index contributed by atoms with van der Waals surface area (Å²) in [5.41, 5.74) is 3.09. The van der Waals surface area contributed by atoms with Gasteiger partial charge in [0.15, 0.2) is 17.2 Å². The third kappa shape index (κ3) is 3.44. The molecule has 28 heavy (non-hydrogen) atoms. The van der Waals surface area contributed by atoms with Crippen LogP contribution < -0.4 is 4.74 Å². The molecule has 1 aliphatic rings. The number of ether oxygens (including phenoxy) is 1. The first kappa shape index (κ1) is 18.4. The van der Waals surface area contributed by atoms with Crippen LogP contribution in [0.3, 0.4) is 0 Å². The van der Waals surface area contributed by atoms with Crippen molar-refractivity contribution < 1.29 is 13.9 Å². The van der Waals surface area contributed by atoms with Gasteiger partial charge in [-0.05, 0) is 38.0 Å². The molecule has 0 spiro atoms. The maximum Gasteiger partial charge on any atom is 0.254 e. The summed E-state index contributed by atoms with van der Waals surface area (Å²) in [4.78, 5) is 19.5. The third-order valence-electron chi connectivity index (χ3n) is 5.08. The fourth-order valence-corrected chi connectivity index (χ4v) is 3.38. The lowest BCUT2D eigenvalue weighted by Gasteiger charge is -2.19. The van der Waals surface area contributed by atoms with E-state index in [1.807, 2.05) is 20.0 Å². The Morgan fingerprint density at radius 3 is 2.82 bits per heavy atom. The number of hydrogen-bond donors (Lipinski definition) is 0. The van der Waals surface area contributed by atoms with Gasteiger partial charge >= 0.3 is 0 Å². The molecular weight excluding hydrogens is 359 g/mol. The highest BCUT2D eigenvalue weighted by atomic mass is 19.1. The lowest BCUT2D eigenvalue weighted by molar-refractivity contribution is 0.0774. The number of carbonyl (C=O) groups is 1. The molecular formula is C21H23FN4O2. The molecule has 1 amide bonds. The summed E-state index contributed by atoms with van der Waals surface area (Å²) in [7, 11) is 3.57. The van der Waals surface area contributed by atoms with E-state index in [4.69, 9.17) is 9.72 Å². The molecule has 1 aliphatic carbocycles. The van der Waals surface area contributed by atoms with Crippen molar-refractivity contribution in [2.24, 2.45) is 7.05 Å². The zero-order valence-electron chi connectivity index (χ0n) is 16.3. The second-order valence-corrected chi connectivity index (χ2v) is 7.28. The highest BCUT2D eigenvalue weighted by Crippen LogP contribution is 2.40. The minimum atomic E-state index is -0.410. The van der Waals surface area contributed by atoms with E-state index in [-0.39, 0.29) is 18.3 Å². The van der Waals surface area contributed by atoms with Gasteiger partial charge in [-0.3, -0.25) is 9.48 Å². The van der Waals surface area contributed by atoms with Gasteiger partial charge in [0.1, 0.15) is 6.61 Å². The number of fused-ring (bicyclic) bond motifs is 1. The lowest BCUT2D eigenvalue weighted by Crippen LogP contribution is -2.31. The summed E-state index contributed by atoms with van der Waals surface area (Å²) in [5, 5.41) is 5.23. The molecule has 0 N–H and O–H groups in total. The van der Waals surface area contributed by atoms with E-state index < -0.39 is 5.82 Å². The Morgan fingerprint density at radius 2 is 2.11 bits per heavy atom. The molecule has 0 bridgehead atoms. The van der Waals surface area contributed by atoms with E-state index in [1.54, 1.807) is 34.8 Å². The number of likely N-dealkylation sites (N-methyl/N-ethyl adjacent to an activating group) is 1. The van der Waals surface area contributed by atoms with Gasteiger partial charge < -0.3 is 9.64 Å². The predicted octanol–water partition coefficient (Wildman–Crippen LogP) is 3.44. The molecule has 0 unspecified atom stereocenters. The number of amides is 1. The Morgan fingerprint density at radius 1 is 1.36 bits per heavy atom. The Bertz CT molecular complexity index is 1040. The number of benzene rings is 1. The van der Waals surface area contributed by atoms with Crippen LogP contribution in [-0.4, -0.2) is 45.8 Å². The third-order valence-corrected chi connectivity index (χ3v) is 5.08. The Labute approximate surface area is 162 Å². The number of halogens is 1. The molecule has 1 aromatic carbocycles. The smallest absolute Gasteiger partial charge is 0.254 e. The van der Waals surface area contributed by atoms with Gasteiger partial charge in [-0.1, -0.05) is 12.1 Å². The SMILES string of the molecule is Cc1nn(C)c2nc(C3CC3)cc(C(=O)N(C)CCOc3ccccc3F)c12. The van der Waals surface area contributed by atoms with Crippen molar-refractivity contribution in [1.82, 2.24) is 19.7 Å². The average molecular weight is 382 g/mol. The second-order valence-electron chi connectivity index (χ2n) is 7.28. The van der Waals surface area contributed by atoms with E-state index in [0.717, 1.165) is 35.3 Å². The van der Waals surface area contributed by atoms with Crippen LogP contribution in [0, 0.1) is 12.7 Å². The molecule has 4 rings (SSSR count). The number of hydrogen-bond acceptors (Lipinski definition) is 4. The molecule has 146 valence electrons. The van der Waals surface area contributed by atoms with Crippen molar-refractivity contribution >= 4 is 16.9 Å². The number of aryl methyl sites for hydroxylation is 2. The van der Waals surface area contributed by atoms with Gasteiger partial charge in [0.25, 0.3) is 5.91 Å². The van der Waals surface area contributed by atoms with Crippen LogP contribution >= 0.6 is 0 Å². The number of carbonyl (C=O) groups excluding carboxylic acids is 1. The first-order valence-electron chi connectivity index (χ1n) is 9.42. The Kier molecular flexibility index (Phi) is 4.75. The molecule has 1 saturated carbocycles. The van der Waals surface area contributed by atoms with Crippen molar-refractivity contribution in [1.29, 1.82) is 0 Å². The number of nitrogens with zero attached hydrogens (tertiary/aromatic N) is 4. The van der Waals surface area contributed by atoms with Crippen LogP contribution in [0.2, 0.25) is 0 Å². The van der Waals surface area contributed by atoms with Gasteiger partial charge in [-0.2, -0.15) is 5.10 Å². The normalized spacial score (nSPS) is 13.7. The average Bonchev–Trinajstić information content (AvgIpc) is 3.48. The highest BCUT2D eigenvalue weighted by molar-refractivity contribution is 6.06. The van der Waals surface area contributed by atoms with Gasteiger partial charge in [0, 0.05) is 25.7 Å². The zero-order valence-corrected chi connectivity index (χ0v) is 16.3. The van der Waals surface area contributed by atoms with Crippen molar-refractivity contribution in [3.05, 3.63) is 53.1 Å². The quantitative estimate of drug-likeness (QED) is 0.655. The summed E-state index contributed by atoms with van der Waals surface area (Å²) < 4.78 is 20.9. The molecule has 7 heteroatoms. The van der Waals surface area contributed by atoms with Crippen LogP contribution in [-0.2, 0) is 7.05 Å². The molecule has 0 aliphatic heterocycles. The number of aromatic nitrogens is 3. The minimum absolute atomic E-state index is 0.109. The van der Waals surface area contributed by atoms with Gasteiger partial charge in [-0.25, -0.2) is 9.37 Å². The topological polar surface area (TPSA) is 60.2 Å². The summed E-state index contributed by atoms with van der Waals surface area (Å²) >= 11 is 0. The summed E-state index contributed by atoms with van der Waals surface area (Å²) in [6.07, 6.45) is 2.21. The van der Waals surface area contributed by atoms with Crippen molar-refractivity contribution in [2.75, 3.05) is 20.2 Å². The van der Waals surface area contributed by atoms with Crippen molar-refractivity contribution in [2.45, 2.75) is 25.7 Å². The lowest BCUT2D eigenvalue weighted by atomic mass is 10.1. The number of rotatable bonds is 6. The number of para-hydroxylation sites is 1. The molecule has 2 aromatic heterocycles. The first-order chi connectivity index (χ1) is 13.5. The number of pyridine rings is 1. The van der Waals surface area contributed by atoms with Gasteiger partial charge in [0.2, 0.25) is 0 Å². The summed E-state index contributed by atoms with van der Waals surface area (Å²) in [6, 6.07) is 8.16. The molecule has 6 nitrogen and oxygen atoms in total. The summed E-state index contributed by atoms with van der Waals surface area (Å²) in [5.74, 6) is 0.101. The largest absolute Gasteiger partial charge is 0.489 e. The van der Waals surface area contributed by atoms with E-state index in [2.05, 4.69) is 5.10 Å².